The number of amides is 4. The van der Waals surface area contributed by atoms with Crippen LogP contribution in [0, 0.1) is 5.92 Å². The Labute approximate surface area is 174 Å². The van der Waals surface area contributed by atoms with Gasteiger partial charge in [0, 0.05) is 18.2 Å². The van der Waals surface area contributed by atoms with Gasteiger partial charge in [0.05, 0.1) is 0 Å². The highest BCUT2D eigenvalue weighted by atomic mass is 16.5. The zero-order chi connectivity index (χ0) is 21.9. The van der Waals surface area contributed by atoms with Gasteiger partial charge in [-0.15, -0.1) is 0 Å². The van der Waals surface area contributed by atoms with Gasteiger partial charge >= 0.3 is 12.0 Å². The van der Waals surface area contributed by atoms with Crippen LogP contribution in [0.25, 0.3) is 0 Å². The number of rotatable bonds is 6. The molecule has 1 saturated carbocycles. The summed E-state index contributed by atoms with van der Waals surface area (Å²) < 4.78 is 4.98. The molecule has 160 valence electrons. The summed E-state index contributed by atoms with van der Waals surface area (Å²) in [6.07, 6.45) is 3.22. The lowest BCUT2D eigenvalue weighted by Gasteiger charge is -2.36. The van der Waals surface area contributed by atoms with Crippen molar-refractivity contribution in [3.8, 4) is 0 Å². The van der Waals surface area contributed by atoms with E-state index in [9.17, 15) is 24.0 Å². The predicted molar refractivity (Wildman–Crippen MR) is 107 cm³/mol. The number of carbonyl (C=O) groups is 5. The van der Waals surface area contributed by atoms with Crippen LogP contribution < -0.4 is 10.6 Å². The lowest BCUT2D eigenvalue weighted by Crippen LogP contribution is -2.54. The molecule has 1 aliphatic heterocycles. The van der Waals surface area contributed by atoms with Crippen molar-refractivity contribution in [1.82, 2.24) is 10.2 Å². The molecular formula is C21H25N3O6. The van der Waals surface area contributed by atoms with Gasteiger partial charge in [-0.3, -0.25) is 24.1 Å². The lowest BCUT2D eigenvalue weighted by atomic mass is 9.73. The van der Waals surface area contributed by atoms with Crippen molar-refractivity contribution < 1.29 is 28.7 Å². The van der Waals surface area contributed by atoms with Crippen LogP contribution in [0.15, 0.2) is 24.3 Å². The van der Waals surface area contributed by atoms with E-state index in [0.717, 1.165) is 24.2 Å². The second kappa shape index (κ2) is 8.64. The Morgan fingerprint density at radius 3 is 2.53 bits per heavy atom. The average molecular weight is 415 g/mol. The molecule has 2 aliphatic rings. The van der Waals surface area contributed by atoms with E-state index < -0.39 is 42.4 Å². The quantitative estimate of drug-likeness (QED) is 0.416. The van der Waals surface area contributed by atoms with Crippen LogP contribution in [-0.4, -0.2) is 53.2 Å². The summed E-state index contributed by atoms with van der Waals surface area (Å²) in [7, 11) is 0. The first kappa shape index (κ1) is 21.5. The molecule has 1 aliphatic carbocycles. The van der Waals surface area contributed by atoms with Crippen molar-refractivity contribution in [3.05, 3.63) is 29.8 Å². The monoisotopic (exact) mass is 415 g/mol. The van der Waals surface area contributed by atoms with Gasteiger partial charge in [-0.05, 0) is 43.0 Å². The Bertz CT molecular complexity index is 881. The van der Waals surface area contributed by atoms with E-state index in [4.69, 9.17) is 4.74 Å². The minimum Gasteiger partial charge on any atom is -0.456 e. The van der Waals surface area contributed by atoms with E-state index in [0.29, 0.717) is 17.7 Å². The molecule has 1 heterocycles. The van der Waals surface area contributed by atoms with E-state index in [-0.39, 0.29) is 11.8 Å². The number of esters is 1. The number of hydrogen-bond donors (Lipinski definition) is 2. The molecule has 2 N–H and O–H groups in total. The van der Waals surface area contributed by atoms with Gasteiger partial charge in [0.2, 0.25) is 5.91 Å². The molecule has 1 aromatic carbocycles. The van der Waals surface area contributed by atoms with Crippen molar-refractivity contribution in [2.24, 2.45) is 5.92 Å². The summed E-state index contributed by atoms with van der Waals surface area (Å²) in [5.41, 5.74) is -0.0940. The Kier molecular flexibility index (Phi) is 6.19. The number of urea groups is 1. The molecule has 3 rings (SSSR count). The highest BCUT2D eigenvalue weighted by Crippen LogP contribution is 2.38. The molecule has 0 bridgehead atoms. The highest BCUT2D eigenvalue weighted by Gasteiger charge is 2.55. The van der Waals surface area contributed by atoms with Gasteiger partial charge in [-0.1, -0.05) is 19.8 Å². The fourth-order valence-corrected chi connectivity index (χ4v) is 3.99. The smallest absolute Gasteiger partial charge is 0.326 e. The summed E-state index contributed by atoms with van der Waals surface area (Å²) in [6.45, 7) is 2.26. The maximum Gasteiger partial charge on any atom is 0.326 e. The van der Waals surface area contributed by atoms with Gasteiger partial charge in [0.25, 0.3) is 5.91 Å². The number of Topliss-reactive ketones (excluding diaryl/α,β-unsaturated/α-hetero) is 1. The Hall–Kier alpha value is -3.23. The Morgan fingerprint density at radius 1 is 1.20 bits per heavy atom. The zero-order valence-corrected chi connectivity index (χ0v) is 17.0. The fourth-order valence-electron chi connectivity index (χ4n) is 3.99. The summed E-state index contributed by atoms with van der Waals surface area (Å²) in [5.74, 6) is -1.91. The van der Waals surface area contributed by atoms with E-state index in [1.54, 1.807) is 12.1 Å². The van der Waals surface area contributed by atoms with E-state index >= 15 is 0 Å². The average Bonchev–Trinajstić information content (AvgIpc) is 2.93. The van der Waals surface area contributed by atoms with Gasteiger partial charge in [-0.25, -0.2) is 4.79 Å². The summed E-state index contributed by atoms with van der Waals surface area (Å²) in [5, 5.41) is 5.35. The van der Waals surface area contributed by atoms with Crippen LogP contribution >= 0.6 is 0 Å². The van der Waals surface area contributed by atoms with E-state index in [1.165, 1.54) is 19.1 Å². The molecule has 4 amide bonds. The third-order valence-electron chi connectivity index (χ3n) is 5.68. The first-order valence-electron chi connectivity index (χ1n) is 9.93. The highest BCUT2D eigenvalue weighted by molar-refractivity contribution is 6.09. The standard InChI is InChI=1S/C21H25N3O6/c1-13-5-3-4-10-21(13)19(28)24(20(29)23-21)11-18(27)30-12-17(26)15-6-8-16(9-7-15)22-14(2)25/h6-9,13H,3-5,10-12H2,1-2H3,(H,22,25)(H,23,29). The number of ketones is 1. The fraction of sp³-hybridized carbons (Fsp3) is 0.476. The molecule has 1 saturated heterocycles. The van der Waals surface area contributed by atoms with Crippen molar-refractivity contribution >= 4 is 35.3 Å². The number of nitrogens with zero attached hydrogens (tertiary/aromatic N) is 1. The number of anilines is 1. The van der Waals surface area contributed by atoms with Crippen molar-refractivity contribution in [2.45, 2.75) is 45.1 Å². The van der Waals surface area contributed by atoms with Gasteiger partial charge in [0.15, 0.2) is 12.4 Å². The first-order chi connectivity index (χ1) is 14.2. The maximum atomic E-state index is 12.8. The number of ether oxygens (including phenoxy) is 1. The van der Waals surface area contributed by atoms with Crippen LogP contribution in [0.4, 0.5) is 10.5 Å². The molecular weight excluding hydrogens is 390 g/mol. The summed E-state index contributed by atoms with van der Waals surface area (Å²) in [4.78, 5) is 61.4. The third-order valence-corrected chi connectivity index (χ3v) is 5.68. The van der Waals surface area contributed by atoms with E-state index in [1.807, 2.05) is 6.92 Å². The second-order valence-electron chi connectivity index (χ2n) is 7.78. The SMILES string of the molecule is CC(=O)Nc1ccc(C(=O)COC(=O)CN2C(=O)NC3(CCCCC3C)C2=O)cc1. The molecule has 9 heteroatoms. The minimum atomic E-state index is -0.943. The van der Waals surface area contributed by atoms with Crippen LogP contribution in [0.5, 0.6) is 0 Å². The predicted octanol–water partition coefficient (Wildman–Crippen LogP) is 1.87. The van der Waals surface area contributed by atoms with Crippen molar-refractivity contribution in [2.75, 3.05) is 18.5 Å². The Balaban J connectivity index is 1.54. The lowest BCUT2D eigenvalue weighted by molar-refractivity contribution is -0.147. The third kappa shape index (κ3) is 4.34. The molecule has 2 fully saturated rings. The van der Waals surface area contributed by atoms with Gasteiger partial charge in [0.1, 0.15) is 12.1 Å². The molecule has 0 aromatic heterocycles. The first-order valence-corrected chi connectivity index (χ1v) is 9.93. The topological polar surface area (TPSA) is 122 Å². The molecule has 30 heavy (non-hydrogen) atoms. The number of imide groups is 1. The minimum absolute atomic E-state index is 0.00855. The Morgan fingerprint density at radius 2 is 1.90 bits per heavy atom. The van der Waals surface area contributed by atoms with Crippen molar-refractivity contribution in [3.63, 3.8) is 0 Å². The number of carbonyl (C=O) groups excluding carboxylic acids is 5. The van der Waals surface area contributed by atoms with Crippen LogP contribution in [0.2, 0.25) is 0 Å². The number of hydrogen-bond acceptors (Lipinski definition) is 6. The maximum absolute atomic E-state index is 12.8. The van der Waals surface area contributed by atoms with Crippen LogP contribution in [0.3, 0.4) is 0 Å². The van der Waals surface area contributed by atoms with Gasteiger partial charge in [-0.2, -0.15) is 0 Å². The number of nitrogens with one attached hydrogen (secondary N) is 2. The molecule has 2 atom stereocenters. The molecule has 2 unspecified atom stereocenters. The molecule has 9 nitrogen and oxygen atoms in total. The van der Waals surface area contributed by atoms with Crippen molar-refractivity contribution in [1.29, 1.82) is 0 Å². The molecule has 1 spiro atoms. The summed E-state index contributed by atoms with van der Waals surface area (Å²) >= 11 is 0. The largest absolute Gasteiger partial charge is 0.456 e. The van der Waals surface area contributed by atoms with E-state index in [2.05, 4.69) is 10.6 Å². The van der Waals surface area contributed by atoms with Crippen LogP contribution in [-0.2, 0) is 19.1 Å². The molecule has 1 aromatic rings. The normalized spacial score (nSPS) is 23.3. The second-order valence-corrected chi connectivity index (χ2v) is 7.78. The molecule has 0 radical (unpaired) electrons. The van der Waals surface area contributed by atoms with Gasteiger partial charge < -0.3 is 15.4 Å². The van der Waals surface area contributed by atoms with Crippen LogP contribution in [0.1, 0.15) is 49.9 Å². The summed E-state index contributed by atoms with van der Waals surface area (Å²) in [6, 6.07) is 5.54. The number of benzene rings is 1. The zero-order valence-electron chi connectivity index (χ0n) is 17.0.